The molecule has 4 rings (SSSR count). The zero-order valence-corrected chi connectivity index (χ0v) is 14.5. The molecule has 0 unspecified atom stereocenters. The summed E-state index contributed by atoms with van der Waals surface area (Å²) in [7, 11) is 0. The van der Waals surface area contributed by atoms with Crippen LogP contribution in [0.15, 0.2) is 67.0 Å². The van der Waals surface area contributed by atoms with Crippen molar-refractivity contribution in [2.45, 2.75) is 12.1 Å². The van der Waals surface area contributed by atoms with Gasteiger partial charge in [-0.1, -0.05) is 30.0 Å². The molecule has 0 aliphatic carbocycles. The van der Waals surface area contributed by atoms with Crippen LogP contribution in [-0.4, -0.2) is 11.1 Å². The Morgan fingerprint density at radius 3 is 2.36 bits per heavy atom. The molecule has 0 spiro atoms. The predicted octanol–water partition coefficient (Wildman–Crippen LogP) is 4.28. The normalized spacial score (nSPS) is 18.0. The van der Waals surface area contributed by atoms with Crippen molar-refractivity contribution in [3.8, 4) is 11.8 Å². The van der Waals surface area contributed by atoms with Gasteiger partial charge in [-0.3, -0.25) is 4.98 Å². The smallest absolute Gasteiger partial charge is 0.408 e. The Hall–Kier alpha value is -3.72. The van der Waals surface area contributed by atoms with E-state index in [0.29, 0.717) is 11.1 Å². The van der Waals surface area contributed by atoms with Crippen molar-refractivity contribution in [3.05, 3.63) is 101 Å². The highest BCUT2D eigenvalue weighted by Crippen LogP contribution is 2.37. The first kappa shape index (κ1) is 17.7. The number of aromatic nitrogens is 1. The number of halogens is 2. The van der Waals surface area contributed by atoms with E-state index in [4.69, 9.17) is 4.74 Å². The number of pyridine rings is 1. The summed E-state index contributed by atoms with van der Waals surface area (Å²) in [6.45, 7) is 0. The molecule has 0 saturated carbocycles. The number of nitrogens with zero attached hydrogens (tertiary/aromatic N) is 1. The van der Waals surface area contributed by atoms with E-state index in [1.807, 2.05) is 30.3 Å². The van der Waals surface area contributed by atoms with E-state index in [2.05, 4.69) is 22.1 Å². The molecule has 2 heterocycles. The summed E-state index contributed by atoms with van der Waals surface area (Å²) in [5.41, 5.74) is 2.35. The first-order valence-electron chi connectivity index (χ1n) is 8.54. The molecular weight excluding hydrogens is 362 g/mol. The molecule has 1 fully saturated rings. The topological polar surface area (TPSA) is 51.2 Å². The molecule has 28 heavy (non-hydrogen) atoms. The second kappa shape index (κ2) is 7.49. The maximum Gasteiger partial charge on any atom is 0.408 e. The van der Waals surface area contributed by atoms with E-state index in [1.165, 1.54) is 0 Å². The summed E-state index contributed by atoms with van der Waals surface area (Å²) in [6, 6.07) is 13.7. The van der Waals surface area contributed by atoms with Crippen molar-refractivity contribution in [2.75, 3.05) is 0 Å². The number of ether oxygens (including phenoxy) is 1. The van der Waals surface area contributed by atoms with Crippen LogP contribution in [0.2, 0.25) is 0 Å². The molecular formula is C22H14F2N2O2. The molecule has 3 aromatic rings. The van der Waals surface area contributed by atoms with Crippen molar-refractivity contribution in [3.63, 3.8) is 0 Å². The second-order valence-corrected chi connectivity index (χ2v) is 6.27. The third-order valence-corrected chi connectivity index (χ3v) is 4.27. The number of hydrogen-bond acceptors (Lipinski definition) is 3. The molecule has 1 aliphatic rings. The fourth-order valence-corrected chi connectivity index (χ4v) is 3.04. The van der Waals surface area contributed by atoms with Crippen molar-refractivity contribution in [1.29, 1.82) is 0 Å². The summed E-state index contributed by atoms with van der Waals surface area (Å²) in [6.07, 6.45) is 1.63. The highest BCUT2D eigenvalue weighted by Gasteiger charge is 2.37. The van der Waals surface area contributed by atoms with Crippen LogP contribution in [0.4, 0.5) is 13.6 Å². The average Bonchev–Trinajstić information content (AvgIpc) is 3.09. The van der Waals surface area contributed by atoms with E-state index in [0.717, 1.165) is 23.8 Å². The lowest BCUT2D eigenvalue weighted by Gasteiger charge is -2.17. The van der Waals surface area contributed by atoms with Gasteiger partial charge < -0.3 is 10.1 Å². The molecule has 1 saturated heterocycles. The van der Waals surface area contributed by atoms with E-state index in [-0.39, 0.29) is 5.56 Å². The molecule has 1 aromatic heterocycles. The van der Waals surface area contributed by atoms with Gasteiger partial charge in [-0.25, -0.2) is 13.6 Å². The molecule has 0 bridgehead atoms. The number of benzene rings is 2. The van der Waals surface area contributed by atoms with Crippen LogP contribution in [0.1, 0.15) is 34.4 Å². The quantitative estimate of drug-likeness (QED) is 0.679. The number of carbonyl (C=O) groups is 1. The van der Waals surface area contributed by atoms with Gasteiger partial charge in [0.25, 0.3) is 0 Å². The Labute approximate surface area is 160 Å². The Bertz CT molecular complexity index is 1070. The van der Waals surface area contributed by atoms with Gasteiger partial charge in [0.15, 0.2) is 6.10 Å². The Morgan fingerprint density at radius 2 is 1.61 bits per heavy atom. The Morgan fingerprint density at radius 1 is 0.893 bits per heavy atom. The number of hydrogen-bond donors (Lipinski definition) is 1. The van der Waals surface area contributed by atoms with Crippen LogP contribution in [0.3, 0.4) is 0 Å². The van der Waals surface area contributed by atoms with Crippen molar-refractivity contribution < 1.29 is 18.3 Å². The summed E-state index contributed by atoms with van der Waals surface area (Å²) < 4.78 is 32.5. The zero-order valence-electron chi connectivity index (χ0n) is 14.5. The molecule has 6 heteroatoms. The van der Waals surface area contributed by atoms with E-state index < -0.39 is 29.9 Å². The lowest BCUT2D eigenvalue weighted by molar-refractivity contribution is 0.132. The van der Waals surface area contributed by atoms with Crippen LogP contribution < -0.4 is 5.32 Å². The standard InChI is InChI=1S/C22H14F2N2O2/c23-18-9-16(10-19(24)11-18)21-20(26-22(27)28-21)17-8-15(12-25-13-17)7-6-14-4-2-1-3-5-14/h1-5,8-13,20-21H,(H,26,27)/t20-,21-/m1/s1. The number of rotatable bonds is 2. The van der Waals surface area contributed by atoms with Crippen LogP contribution in [0.5, 0.6) is 0 Å². The van der Waals surface area contributed by atoms with Gasteiger partial charge in [-0.05, 0) is 35.9 Å². The number of amides is 1. The van der Waals surface area contributed by atoms with Gasteiger partial charge in [-0.2, -0.15) is 0 Å². The third kappa shape index (κ3) is 3.84. The minimum Gasteiger partial charge on any atom is -0.439 e. The third-order valence-electron chi connectivity index (χ3n) is 4.27. The van der Waals surface area contributed by atoms with Crippen LogP contribution in [-0.2, 0) is 4.74 Å². The van der Waals surface area contributed by atoms with E-state index >= 15 is 0 Å². The van der Waals surface area contributed by atoms with Gasteiger partial charge in [0, 0.05) is 35.2 Å². The SMILES string of the molecule is O=C1N[C@H](c2cncc(C#Cc3ccccc3)c2)[C@@H](c2cc(F)cc(F)c2)O1. The number of cyclic esters (lactones) is 1. The van der Waals surface area contributed by atoms with E-state index in [1.54, 1.807) is 18.5 Å². The summed E-state index contributed by atoms with van der Waals surface area (Å²) in [5, 5.41) is 2.66. The Kier molecular flexibility index (Phi) is 4.73. The second-order valence-electron chi connectivity index (χ2n) is 6.27. The van der Waals surface area contributed by atoms with E-state index in [9.17, 15) is 13.6 Å². The fraction of sp³-hybridized carbons (Fsp3) is 0.0909. The highest BCUT2D eigenvalue weighted by molar-refractivity contribution is 5.71. The van der Waals surface area contributed by atoms with Gasteiger partial charge in [-0.15, -0.1) is 0 Å². The lowest BCUT2D eigenvalue weighted by Crippen LogP contribution is -2.20. The monoisotopic (exact) mass is 376 g/mol. The predicted molar refractivity (Wildman–Crippen MR) is 98.1 cm³/mol. The molecule has 1 amide bonds. The minimum atomic E-state index is -0.878. The van der Waals surface area contributed by atoms with Crippen LogP contribution in [0, 0.1) is 23.5 Å². The van der Waals surface area contributed by atoms with Crippen molar-refractivity contribution in [1.82, 2.24) is 10.3 Å². The number of carbonyl (C=O) groups excluding carboxylic acids is 1. The first-order valence-corrected chi connectivity index (χ1v) is 8.54. The molecule has 1 N–H and O–H groups in total. The molecule has 0 radical (unpaired) electrons. The first-order chi connectivity index (χ1) is 13.6. The summed E-state index contributed by atoms with van der Waals surface area (Å²) >= 11 is 0. The largest absolute Gasteiger partial charge is 0.439 e. The maximum atomic E-state index is 13.6. The highest BCUT2D eigenvalue weighted by atomic mass is 19.1. The molecule has 4 nitrogen and oxygen atoms in total. The summed E-state index contributed by atoms with van der Waals surface area (Å²) in [4.78, 5) is 16.0. The van der Waals surface area contributed by atoms with Gasteiger partial charge in [0.2, 0.25) is 0 Å². The summed E-state index contributed by atoms with van der Waals surface area (Å²) in [5.74, 6) is 4.58. The van der Waals surface area contributed by atoms with Crippen LogP contribution in [0.25, 0.3) is 0 Å². The maximum absolute atomic E-state index is 13.6. The van der Waals surface area contributed by atoms with Crippen molar-refractivity contribution in [2.24, 2.45) is 0 Å². The van der Waals surface area contributed by atoms with Crippen molar-refractivity contribution >= 4 is 6.09 Å². The van der Waals surface area contributed by atoms with Gasteiger partial charge in [0.1, 0.15) is 17.7 Å². The van der Waals surface area contributed by atoms with Gasteiger partial charge in [0.05, 0.1) is 0 Å². The molecule has 2 aromatic carbocycles. The van der Waals surface area contributed by atoms with Crippen LogP contribution >= 0.6 is 0 Å². The minimum absolute atomic E-state index is 0.224. The molecule has 138 valence electrons. The number of alkyl carbamates (subject to hydrolysis) is 1. The average molecular weight is 376 g/mol. The zero-order chi connectivity index (χ0) is 19.5. The molecule has 1 aliphatic heterocycles. The Balaban J connectivity index is 1.66. The lowest BCUT2D eigenvalue weighted by atomic mass is 9.96. The molecule has 2 atom stereocenters. The number of nitrogens with one attached hydrogen (secondary N) is 1. The van der Waals surface area contributed by atoms with Gasteiger partial charge >= 0.3 is 6.09 Å². The fourth-order valence-electron chi connectivity index (χ4n) is 3.04.